The van der Waals surface area contributed by atoms with Crippen molar-refractivity contribution in [3.8, 4) is 0 Å². The summed E-state index contributed by atoms with van der Waals surface area (Å²) in [5.74, 6) is 0.724. The van der Waals surface area contributed by atoms with Crippen molar-refractivity contribution in [2.75, 3.05) is 0 Å². The predicted molar refractivity (Wildman–Crippen MR) is 50.2 cm³/mol. The molecule has 1 aromatic heterocycles. The Morgan fingerprint density at radius 3 is 2.45 bits per heavy atom. The Balaban J connectivity index is 2.65. The fourth-order valence-corrected chi connectivity index (χ4v) is 1.13. The van der Waals surface area contributed by atoms with Crippen LogP contribution >= 0.6 is 22.6 Å². The first-order valence-electron chi connectivity index (χ1n) is 3.45. The monoisotopic (exact) mass is 266 g/mol. The summed E-state index contributed by atoms with van der Waals surface area (Å²) in [6.07, 6.45) is 0.836. The molecule has 1 aromatic rings. The highest BCUT2D eigenvalue weighted by Crippen LogP contribution is 2.19. The van der Waals surface area contributed by atoms with Gasteiger partial charge >= 0.3 is 0 Å². The van der Waals surface area contributed by atoms with Gasteiger partial charge in [0.25, 0.3) is 0 Å². The van der Waals surface area contributed by atoms with Crippen molar-refractivity contribution in [3.05, 3.63) is 9.72 Å². The van der Waals surface area contributed by atoms with Crippen LogP contribution in [0.3, 0.4) is 0 Å². The molecule has 0 amide bonds. The molecule has 3 nitrogen and oxygen atoms in total. The van der Waals surface area contributed by atoms with E-state index in [2.05, 4.69) is 30.9 Å². The maximum Gasteiger partial charge on any atom is 0.232 e. The molecule has 0 aliphatic carbocycles. The Morgan fingerprint density at radius 1 is 1.45 bits per heavy atom. The summed E-state index contributed by atoms with van der Waals surface area (Å²) in [5, 5.41) is 3.70. The van der Waals surface area contributed by atoms with Gasteiger partial charge in [-0.1, -0.05) is 25.9 Å². The van der Waals surface area contributed by atoms with Gasteiger partial charge in [-0.05, 0) is 5.41 Å². The van der Waals surface area contributed by atoms with Crippen LogP contribution in [0.15, 0.2) is 4.52 Å². The van der Waals surface area contributed by atoms with Crippen LogP contribution in [0.2, 0.25) is 0 Å². The van der Waals surface area contributed by atoms with Gasteiger partial charge in [-0.2, -0.15) is 4.98 Å². The summed E-state index contributed by atoms with van der Waals surface area (Å²) in [6, 6.07) is 0. The van der Waals surface area contributed by atoms with Crippen molar-refractivity contribution in [3.63, 3.8) is 0 Å². The minimum absolute atomic E-state index is 0.218. The lowest BCUT2D eigenvalue weighted by Crippen LogP contribution is -2.09. The smallest absolute Gasteiger partial charge is 0.232 e. The number of halogens is 1. The Labute approximate surface area is 79.7 Å². The van der Waals surface area contributed by atoms with Crippen LogP contribution < -0.4 is 0 Å². The van der Waals surface area contributed by atoms with Gasteiger partial charge in [-0.3, -0.25) is 0 Å². The van der Waals surface area contributed by atoms with Crippen molar-refractivity contribution in [1.82, 2.24) is 10.1 Å². The normalized spacial score (nSPS) is 12.0. The minimum Gasteiger partial charge on any atom is -0.339 e. The molecule has 0 fully saturated rings. The SMILES string of the molecule is CC(C)(C)Cc1nc(I)no1. The molecule has 0 bridgehead atoms. The van der Waals surface area contributed by atoms with E-state index in [0.29, 0.717) is 3.83 Å². The molecule has 0 radical (unpaired) electrons. The molecule has 0 saturated heterocycles. The molecular weight excluding hydrogens is 255 g/mol. The Kier molecular flexibility index (Phi) is 2.51. The first-order valence-corrected chi connectivity index (χ1v) is 4.53. The Bertz CT molecular complexity index is 239. The molecule has 0 unspecified atom stereocenters. The molecule has 0 aliphatic heterocycles. The average molecular weight is 266 g/mol. The topological polar surface area (TPSA) is 38.9 Å². The third kappa shape index (κ3) is 3.18. The summed E-state index contributed by atoms with van der Waals surface area (Å²) in [6.45, 7) is 6.43. The summed E-state index contributed by atoms with van der Waals surface area (Å²) in [7, 11) is 0. The lowest BCUT2D eigenvalue weighted by atomic mass is 9.92. The van der Waals surface area contributed by atoms with Crippen LogP contribution in [0, 0.1) is 9.25 Å². The Morgan fingerprint density at radius 2 is 2.09 bits per heavy atom. The van der Waals surface area contributed by atoms with Crippen LogP contribution in [0.1, 0.15) is 26.7 Å². The molecule has 11 heavy (non-hydrogen) atoms. The van der Waals surface area contributed by atoms with E-state index >= 15 is 0 Å². The van der Waals surface area contributed by atoms with Crippen LogP contribution in [-0.4, -0.2) is 10.1 Å². The molecule has 0 aromatic carbocycles. The molecule has 0 N–H and O–H groups in total. The van der Waals surface area contributed by atoms with Gasteiger partial charge in [0.05, 0.1) is 0 Å². The first-order chi connectivity index (χ1) is 4.97. The largest absolute Gasteiger partial charge is 0.339 e. The second kappa shape index (κ2) is 3.08. The molecule has 0 aliphatic rings. The highest BCUT2D eigenvalue weighted by atomic mass is 127. The summed E-state index contributed by atoms with van der Waals surface area (Å²) in [4.78, 5) is 4.10. The number of hydrogen-bond acceptors (Lipinski definition) is 3. The maximum atomic E-state index is 4.97. The molecular formula is C7H11IN2O. The van der Waals surface area contributed by atoms with Crippen molar-refractivity contribution in [2.24, 2.45) is 5.41 Å². The number of aromatic nitrogens is 2. The van der Waals surface area contributed by atoms with Crippen LogP contribution in [0.5, 0.6) is 0 Å². The van der Waals surface area contributed by atoms with Gasteiger partial charge in [-0.15, -0.1) is 0 Å². The van der Waals surface area contributed by atoms with Crippen molar-refractivity contribution in [2.45, 2.75) is 27.2 Å². The van der Waals surface area contributed by atoms with Crippen LogP contribution in [0.4, 0.5) is 0 Å². The van der Waals surface area contributed by atoms with E-state index in [9.17, 15) is 0 Å². The Hall–Kier alpha value is -0.130. The standard InChI is InChI=1S/C7H11IN2O/c1-7(2,3)4-5-9-6(8)10-11-5/h4H2,1-3H3. The zero-order valence-corrected chi connectivity index (χ0v) is 9.05. The summed E-state index contributed by atoms with van der Waals surface area (Å²) < 4.78 is 5.65. The number of nitrogens with zero attached hydrogens (tertiary/aromatic N) is 2. The number of rotatable bonds is 1. The predicted octanol–water partition coefficient (Wildman–Crippen LogP) is 2.26. The maximum absolute atomic E-state index is 4.97. The molecule has 4 heteroatoms. The highest BCUT2D eigenvalue weighted by Gasteiger charge is 2.15. The van der Waals surface area contributed by atoms with Crippen molar-refractivity contribution in [1.29, 1.82) is 0 Å². The van der Waals surface area contributed by atoms with Gasteiger partial charge in [0.2, 0.25) is 9.72 Å². The first kappa shape index (κ1) is 8.96. The van der Waals surface area contributed by atoms with Crippen molar-refractivity contribution >= 4 is 22.6 Å². The fraction of sp³-hybridized carbons (Fsp3) is 0.714. The third-order valence-corrected chi connectivity index (χ3v) is 1.56. The zero-order chi connectivity index (χ0) is 8.48. The van der Waals surface area contributed by atoms with E-state index < -0.39 is 0 Å². The van der Waals surface area contributed by atoms with Gasteiger partial charge in [-0.25, -0.2) is 0 Å². The molecule has 0 saturated carbocycles. The van der Waals surface area contributed by atoms with Gasteiger partial charge in [0.1, 0.15) is 0 Å². The van der Waals surface area contributed by atoms with E-state index in [1.54, 1.807) is 0 Å². The summed E-state index contributed by atoms with van der Waals surface area (Å²) >= 11 is 2.04. The molecule has 62 valence electrons. The number of hydrogen-bond donors (Lipinski definition) is 0. The molecule has 1 rings (SSSR count). The molecule has 0 spiro atoms. The van der Waals surface area contributed by atoms with Gasteiger partial charge in [0.15, 0.2) is 0 Å². The average Bonchev–Trinajstić information content (AvgIpc) is 2.10. The zero-order valence-electron chi connectivity index (χ0n) is 6.89. The molecule has 1 heterocycles. The van der Waals surface area contributed by atoms with Crippen LogP contribution in [-0.2, 0) is 6.42 Å². The lowest BCUT2D eigenvalue weighted by molar-refractivity contribution is 0.312. The second-order valence-electron chi connectivity index (χ2n) is 3.69. The van der Waals surface area contributed by atoms with Gasteiger partial charge < -0.3 is 4.52 Å². The summed E-state index contributed by atoms with van der Waals surface area (Å²) in [5.41, 5.74) is 0.218. The second-order valence-corrected chi connectivity index (χ2v) is 4.66. The third-order valence-electron chi connectivity index (χ3n) is 1.12. The van der Waals surface area contributed by atoms with E-state index in [0.717, 1.165) is 12.3 Å². The minimum atomic E-state index is 0.218. The van der Waals surface area contributed by atoms with E-state index in [4.69, 9.17) is 4.52 Å². The van der Waals surface area contributed by atoms with E-state index in [-0.39, 0.29) is 5.41 Å². The highest BCUT2D eigenvalue weighted by molar-refractivity contribution is 14.1. The van der Waals surface area contributed by atoms with E-state index in [1.165, 1.54) is 0 Å². The van der Waals surface area contributed by atoms with Crippen molar-refractivity contribution < 1.29 is 4.52 Å². The van der Waals surface area contributed by atoms with Gasteiger partial charge in [0, 0.05) is 29.0 Å². The fourth-order valence-electron chi connectivity index (χ4n) is 0.760. The lowest BCUT2D eigenvalue weighted by Gasteiger charge is -2.13. The van der Waals surface area contributed by atoms with E-state index in [1.807, 2.05) is 22.6 Å². The quantitative estimate of drug-likeness (QED) is 0.732. The molecule has 0 atom stereocenters. The van der Waals surface area contributed by atoms with Crippen LogP contribution in [0.25, 0.3) is 0 Å².